The number of nitrogens with one attached hydrogen (secondary N) is 1. The molecule has 2 aromatic carbocycles. The van der Waals surface area contributed by atoms with Crippen molar-refractivity contribution in [3.8, 4) is 0 Å². The van der Waals surface area contributed by atoms with E-state index in [0.29, 0.717) is 0 Å². The molecule has 1 heterocycles. The van der Waals surface area contributed by atoms with Crippen LogP contribution in [-0.4, -0.2) is 16.4 Å². The number of H-pyrrole nitrogens is 1. The Kier molecular flexibility index (Phi) is 9.76. The third-order valence-electron chi connectivity index (χ3n) is 4.90. The number of benzene rings is 2. The van der Waals surface area contributed by atoms with Crippen LogP contribution >= 0.6 is 28.2 Å². The minimum atomic E-state index is 0.875. The molecule has 3 rings (SSSR count). The summed E-state index contributed by atoms with van der Waals surface area (Å²) in [6.07, 6.45) is 0. The molecule has 6 heteroatoms. The Bertz CT molecular complexity index is 946. The molecule has 0 atom stereocenters. The summed E-state index contributed by atoms with van der Waals surface area (Å²) >= 11 is 7.00. The molecule has 0 saturated carbocycles. The molecule has 0 bridgehead atoms. The number of hydrogen-bond acceptors (Lipinski definition) is 2. The summed E-state index contributed by atoms with van der Waals surface area (Å²) in [5, 5.41) is 0. The number of hydrogen-bond donors (Lipinski definition) is 1. The first-order valence-electron chi connectivity index (χ1n) is 9.56. The van der Waals surface area contributed by atoms with Gasteiger partial charge in [-0.05, 0) is 75.9 Å². The number of halogens is 2. The summed E-state index contributed by atoms with van der Waals surface area (Å²) in [6.45, 7) is 12.5. The molecule has 0 aliphatic carbocycles. The number of aryl methyl sites for hydroxylation is 4. The number of aromatic nitrogens is 1. The van der Waals surface area contributed by atoms with Crippen molar-refractivity contribution in [3.05, 3.63) is 82.2 Å². The number of aromatic amines is 1. The van der Waals surface area contributed by atoms with Crippen molar-refractivity contribution in [3.63, 3.8) is 0 Å². The average molecular weight is 573 g/mol. The molecule has 3 aromatic rings. The predicted octanol–water partition coefficient (Wildman–Crippen LogP) is 8.22. The second-order valence-electron chi connectivity index (χ2n) is 7.21. The van der Waals surface area contributed by atoms with Gasteiger partial charge in [0.2, 0.25) is 0 Å². The fourth-order valence-corrected chi connectivity index (χ4v) is 3.24. The first-order valence-corrected chi connectivity index (χ1v) is 15.0. The van der Waals surface area contributed by atoms with Crippen LogP contribution in [0.25, 0.3) is 0 Å². The van der Waals surface area contributed by atoms with Crippen LogP contribution in [-0.2, 0) is 11.3 Å². The topological polar surface area (TPSA) is 40.5 Å². The summed E-state index contributed by atoms with van der Waals surface area (Å²) in [4.78, 5) is 13.2. The quantitative estimate of drug-likeness (QED) is 0.242. The second-order valence-corrected chi connectivity index (χ2v) is 12.8. The minimum absolute atomic E-state index is 0.875. The van der Waals surface area contributed by atoms with Crippen molar-refractivity contribution in [2.24, 2.45) is 9.98 Å². The van der Waals surface area contributed by atoms with Gasteiger partial charge in [-0.1, -0.05) is 36.4 Å². The van der Waals surface area contributed by atoms with E-state index in [-0.39, 0.29) is 0 Å². The molecule has 0 aliphatic rings. The zero-order chi connectivity index (χ0) is 22.3. The van der Waals surface area contributed by atoms with Gasteiger partial charge in [-0.2, -0.15) is 0 Å². The Hall–Kier alpha value is -1.46. The first kappa shape index (κ1) is 24.8. The van der Waals surface area contributed by atoms with Crippen molar-refractivity contribution < 1.29 is 11.3 Å². The summed E-state index contributed by atoms with van der Waals surface area (Å²) in [7, 11) is 0. The fraction of sp³-hybridized carbons (Fsp3) is 0.250. The van der Waals surface area contributed by atoms with Gasteiger partial charge in [-0.25, -0.2) is 0 Å². The summed E-state index contributed by atoms with van der Waals surface area (Å²) < 4.78 is 0. The van der Waals surface area contributed by atoms with Gasteiger partial charge in [0.1, 0.15) is 0 Å². The van der Waals surface area contributed by atoms with E-state index in [4.69, 9.17) is 9.98 Å². The van der Waals surface area contributed by atoms with Gasteiger partial charge in [0.15, 0.2) is 0 Å². The Labute approximate surface area is 200 Å². The van der Waals surface area contributed by atoms with Gasteiger partial charge in [0.25, 0.3) is 0 Å². The molecule has 3 nitrogen and oxygen atoms in total. The van der Waals surface area contributed by atoms with Crippen LogP contribution < -0.4 is 0 Å². The molecule has 30 heavy (non-hydrogen) atoms. The van der Waals surface area contributed by atoms with Crippen LogP contribution in [0, 0.1) is 27.7 Å². The maximum absolute atomic E-state index is 4.86. The molecule has 0 radical (unpaired) electrons. The Balaban J connectivity index is 0.00000101. The summed E-state index contributed by atoms with van der Waals surface area (Å²) in [5.41, 5.74) is 10.8. The number of para-hydroxylation sites is 2. The van der Waals surface area contributed by atoms with E-state index >= 15 is 0 Å². The van der Waals surface area contributed by atoms with E-state index in [9.17, 15) is 0 Å². The summed E-state index contributed by atoms with van der Waals surface area (Å²) in [6, 6.07) is 16.7. The van der Waals surface area contributed by atoms with Crippen LogP contribution in [0.1, 0.15) is 47.5 Å². The zero-order valence-corrected chi connectivity index (χ0v) is 22.4. The maximum atomic E-state index is 4.86. The van der Waals surface area contributed by atoms with Crippen LogP contribution in [0.4, 0.5) is 11.4 Å². The van der Waals surface area contributed by atoms with Crippen molar-refractivity contribution in [1.82, 2.24) is 4.98 Å². The van der Waals surface area contributed by atoms with Gasteiger partial charge in [0.05, 0.1) is 34.2 Å². The summed E-state index contributed by atoms with van der Waals surface area (Å²) in [5.74, 6) is 0. The van der Waals surface area contributed by atoms with Gasteiger partial charge in [-0.3, -0.25) is 9.98 Å². The van der Waals surface area contributed by atoms with Crippen LogP contribution in [0.5, 0.6) is 0 Å². The van der Waals surface area contributed by atoms with E-state index in [2.05, 4.69) is 109 Å². The molecule has 160 valence electrons. The van der Waals surface area contributed by atoms with Gasteiger partial charge < -0.3 is 4.98 Å². The van der Waals surface area contributed by atoms with Gasteiger partial charge >= 0.3 is 39.6 Å². The van der Waals surface area contributed by atoms with Crippen LogP contribution in [0.2, 0.25) is 0 Å². The standard InChI is InChI=1S/C24H27N3.2BrH.Fe/c1-15-9-7-10-16(2)23(15)25-19(5)21-13-14-22(27-21)20(6)26-24-17(3)11-8-12-18(24)4;;;/h7-14,27H,1-6H3;2*1H;/q;;;+2/p-2. The Morgan fingerprint density at radius 3 is 1.27 bits per heavy atom. The van der Waals surface area contributed by atoms with Crippen molar-refractivity contribution >= 4 is 51.0 Å². The first-order chi connectivity index (χ1) is 14.3. The van der Waals surface area contributed by atoms with Crippen molar-refractivity contribution in [2.45, 2.75) is 41.5 Å². The molecular weight excluding hydrogens is 546 g/mol. The van der Waals surface area contributed by atoms with Crippen molar-refractivity contribution in [1.29, 1.82) is 0 Å². The molecule has 0 saturated heterocycles. The molecule has 0 spiro atoms. The van der Waals surface area contributed by atoms with E-state index in [0.717, 1.165) is 45.5 Å². The molecule has 0 aliphatic heterocycles. The van der Waals surface area contributed by atoms with E-state index < -0.39 is 0 Å². The predicted molar refractivity (Wildman–Crippen MR) is 134 cm³/mol. The monoisotopic (exact) mass is 571 g/mol. The average Bonchev–Trinajstić information content (AvgIpc) is 3.19. The number of nitrogens with zero attached hydrogens (tertiary/aromatic N) is 2. The van der Waals surface area contributed by atoms with Crippen LogP contribution in [0.3, 0.4) is 0 Å². The fourth-order valence-electron chi connectivity index (χ4n) is 3.24. The molecular formula is C24H27Br2FeN3. The van der Waals surface area contributed by atoms with E-state index in [1.54, 1.807) is 0 Å². The third-order valence-corrected chi connectivity index (χ3v) is 4.90. The van der Waals surface area contributed by atoms with Gasteiger partial charge in [0, 0.05) is 0 Å². The van der Waals surface area contributed by atoms with Crippen LogP contribution in [0.15, 0.2) is 58.5 Å². The number of aliphatic imine (C=N–C) groups is 2. The second kappa shape index (κ2) is 11.8. The SMILES string of the molecule is CC(=Nc1c(C)cccc1C)c1ccc(C(C)=Nc2c(C)cccc2C)[nH]1.[Br][Fe][Br]. The van der Waals surface area contributed by atoms with Crippen molar-refractivity contribution in [2.75, 3.05) is 0 Å². The number of rotatable bonds is 4. The zero-order valence-electron chi connectivity index (χ0n) is 18.1. The third kappa shape index (κ3) is 6.52. The molecule has 1 aromatic heterocycles. The van der Waals surface area contributed by atoms with E-state index in [1.165, 1.54) is 22.3 Å². The molecule has 0 unspecified atom stereocenters. The molecule has 0 fully saturated rings. The normalized spacial score (nSPS) is 12.0. The molecule has 1 N–H and O–H groups in total. The Morgan fingerprint density at radius 2 is 0.967 bits per heavy atom. The molecule has 0 amide bonds. The van der Waals surface area contributed by atoms with E-state index in [1.807, 2.05) is 13.8 Å². The van der Waals surface area contributed by atoms with Gasteiger partial charge in [-0.15, -0.1) is 0 Å². The Morgan fingerprint density at radius 1 is 0.667 bits per heavy atom.